The SMILES string of the molecule is CN(Cc1cccc(F)c1)c1c(N)cnc2ccccc12. The highest BCUT2D eigenvalue weighted by atomic mass is 19.1. The van der Waals surface area contributed by atoms with E-state index in [1.54, 1.807) is 12.3 Å². The molecule has 21 heavy (non-hydrogen) atoms. The molecule has 4 heteroatoms. The summed E-state index contributed by atoms with van der Waals surface area (Å²) in [5.41, 5.74) is 9.43. The molecule has 0 spiro atoms. The Balaban J connectivity index is 2.01. The number of nitrogens with two attached hydrogens (primary N) is 1. The third-order valence-electron chi connectivity index (χ3n) is 3.47. The van der Waals surface area contributed by atoms with Gasteiger partial charge in [0.25, 0.3) is 0 Å². The predicted molar refractivity (Wildman–Crippen MR) is 84.7 cm³/mol. The van der Waals surface area contributed by atoms with Crippen molar-refractivity contribution in [2.45, 2.75) is 6.54 Å². The van der Waals surface area contributed by atoms with Crippen LogP contribution in [0.5, 0.6) is 0 Å². The number of benzene rings is 2. The van der Waals surface area contributed by atoms with Gasteiger partial charge >= 0.3 is 0 Å². The monoisotopic (exact) mass is 281 g/mol. The van der Waals surface area contributed by atoms with Crippen molar-refractivity contribution in [2.24, 2.45) is 0 Å². The molecule has 0 saturated heterocycles. The molecule has 0 aliphatic heterocycles. The number of nitrogen functional groups attached to an aromatic ring is 1. The van der Waals surface area contributed by atoms with Crippen molar-refractivity contribution in [1.29, 1.82) is 0 Å². The Morgan fingerprint density at radius 2 is 1.95 bits per heavy atom. The number of fused-ring (bicyclic) bond motifs is 1. The summed E-state index contributed by atoms with van der Waals surface area (Å²) < 4.78 is 13.3. The fourth-order valence-electron chi connectivity index (χ4n) is 2.56. The zero-order valence-corrected chi connectivity index (χ0v) is 11.8. The number of aromatic nitrogens is 1. The summed E-state index contributed by atoms with van der Waals surface area (Å²) in [6, 6.07) is 14.5. The smallest absolute Gasteiger partial charge is 0.123 e. The molecular weight excluding hydrogens is 265 g/mol. The number of pyridine rings is 1. The number of nitrogens with zero attached hydrogens (tertiary/aromatic N) is 2. The van der Waals surface area contributed by atoms with Gasteiger partial charge in [-0.25, -0.2) is 4.39 Å². The summed E-state index contributed by atoms with van der Waals surface area (Å²) in [6.45, 7) is 0.579. The van der Waals surface area contributed by atoms with E-state index < -0.39 is 0 Å². The van der Waals surface area contributed by atoms with E-state index >= 15 is 0 Å². The topological polar surface area (TPSA) is 42.1 Å². The maximum absolute atomic E-state index is 13.3. The van der Waals surface area contributed by atoms with E-state index in [0.29, 0.717) is 12.2 Å². The summed E-state index contributed by atoms with van der Waals surface area (Å²) in [7, 11) is 1.95. The molecule has 0 amide bonds. The molecule has 0 aliphatic rings. The minimum atomic E-state index is -0.228. The lowest BCUT2D eigenvalue weighted by molar-refractivity contribution is 0.625. The molecule has 2 aromatic carbocycles. The molecule has 3 rings (SSSR count). The first-order valence-electron chi connectivity index (χ1n) is 6.74. The summed E-state index contributed by atoms with van der Waals surface area (Å²) in [5.74, 6) is -0.228. The van der Waals surface area contributed by atoms with Gasteiger partial charge in [0, 0.05) is 19.0 Å². The van der Waals surface area contributed by atoms with E-state index in [1.807, 2.05) is 42.3 Å². The van der Waals surface area contributed by atoms with Crippen LogP contribution in [0.3, 0.4) is 0 Å². The van der Waals surface area contributed by atoms with E-state index in [4.69, 9.17) is 5.73 Å². The Labute approximate surface area is 122 Å². The van der Waals surface area contributed by atoms with Crippen molar-refractivity contribution in [2.75, 3.05) is 17.7 Å². The van der Waals surface area contributed by atoms with Gasteiger partial charge in [-0.2, -0.15) is 0 Å². The van der Waals surface area contributed by atoms with Crippen LogP contribution in [0.2, 0.25) is 0 Å². The van der Waals surface area contributed by atoms with Gasteiger partial charge in [-0.05, 0) is 23.8 Å². The highest BCUT2D eigenvalue weighted by Gasteiger charge is 2.11. The first-order valence-corrected chi connectivity index (χ1v) is 6.74. The van der Waals surface area contributed by atoms with Gasteiger partial charge in [0.05, 0.1) is 23.1 Å². The van der Waals surface area contributed by atoms with Crippen LogP contribution in [-0.4, -0.2) is 12.0 Å². The Morgan fingerprint density at radius 1 is 1.14 bits per heavy atom. The molecule has 1 aromatic heterocycles. The first kappa shape index (κ1) is 13.4. The number of anilines is 2. The Morgan fingerprint density at radius 3 is 2.76 bits per heavy atom. The van der Waals surface area contributed by atoms with Crippen LogP contribution in [0.1, 0.15) is 5.56 Å². The van der Waals surface area contributed by atoms with Crippen molar-refractivity contribution in [3.8, 4) is 0 Å². The highest BCUT2D eigenvalue weighted by molar-refractivity contribution is 5.97. The van der Waals surface area contributed by atoms with Crippen LogP contribution in [0.25, 0.3) is 10.9 Å². The third-order valence-corrected chi connectivity index (χ3v) is 3.47. The van der Waals surface area contributed by atoms with E-state index in [1.165, 1.54) is 12.1 Å². The van der Waals surface area contributed by atoms with Crippen molar-refractivity contribution >= 4 is 22.3 Å². The summed E-state index contributed by atoms with van der Waals surface area (Å²) in [4.78, 5) is 6.36. The normalized spacial score (nSPS) is 10.8. The number of para-hydroxylation sites is 1. The van der Waals surface area contributed by atoms with Crippen LogP contribution >= 0.6 is 0 Å². The standard InChI is InChI=1S/C17H16FN3/c1-21(11-12-5-4-6-13(18)9-12)17-14-7-2-3-8-16(14)20-10-15(17)19/h2-10H,11,19H2,1H3. The largest absolute Gasteiger partial charge is 0.396 e. The average Bonchev–Trinajstić information content (AvgIpc) is 2.47. The molecule has 0 saturated carbocycles. The van der Waals surface area contributed by atoms with E-state index in [9.17, 15) is 4.39 Å². The van der Waals surface area contributed by atoms with Crippen molar-refractivity contribution < 1.29 is 4.39 Å². The number of halogens is 1. The lowest BCUT2D eigenvalue weighted by atomic mass is 10.1. The maximum Gasteiger partial charge on any atom is 0.123 e. The third kappa shape index (κ3) is 2.65. The fraction of sp³-hybridized carbons (Fsp3) is 0.118. The number of hydrogen-bond acceptors (Lipinski definition) is 3. The van der Waals surface area contributed by atoms with Crippen molar-refractivity contribution in [3.05, 3.63) is 66.1 Å². The second-order valence-electron chi connectivity index (χ2n) is 5.07. The van der Waals surface area contributed by atoms with Crippen LogP contribution in [0, 0.1) is 5.82 Å². The van der Waals surface area contributed by atoms with Crippen LogP contribution in [-0.2, 0) is 6.54 Å². The lowest BCUT2D eigenvalue weighted by Crippen LogP contribution is -2.18. The maximum atomic E-state index is 13.3. The molecule has 0 unspecified atom stereocenters. The minimum absolute atomic E-state index is 0.228. The molecule has 0 aliphatic carbocycles. The van der Waals surface area contributed by atoms with Gasteiger partial charge in [-0.3, -0.25) is 4.98 Å². The highest BCUT2D eigenvalue weighted by Crippen LogP contribution is 2.31. The van der Waals surface area contributed by atoms with Gasteiger partial charge < -0.3 is 10.6 Å². The lowest BCUT2D eigenvalue weighted by Gasteiger charge is -2.23. The molecule has 0 bridgehead atoms. The second kappa shape index (κ2) is 5.40. The molecule has 3 aromatic rings. The molecule has 0 radical (unpaired) electrons. The van der Waals surface area contributed by atoms with Crippen LogP contribution < -0.4 is 10.6 Å². The van der Waals surface area contributed by atoms with E-state index in [0.717, 1.165) is 22.2 Å². The Kier molecular flexibility index (Phi) is 3.44. The predicted octanol–water partition coefficient (Wildman–Crippen LogP) is 3.59. The van der Waals surface area contributed by atoms with Gasteiger partial charge in [0.15, 0.2) is 0 Å². The number of hydrogen-bond donors (Lipinski definition) is 1. The fourth-order valence-corrected chi connectivity index (χ4v) is 2.56. The first-order chi connectivity index (χ1) is 10.1. The van der Waals surface area contributed by atoms with Crippen molar-refractivity contribution in [3.63, 3.8) is 0 Å². The zero-order valence-electron chi connectivity index (χ0n) is 11.8. The Hall–Kier alpha value is -2.62. The summed E-state index contributed by atoms with van der Waals surface area (Å²) in [6.07, 6.45) is 1.67. The molecule has 0 fully saturated rings. The summed E-state index contributed by atoms with van der Waals surface area (Å²) >= 11 is 0. The van der Waals surface area contributed by atoms with Crippen molar-refractivity contribution in [1.82, 2.24) is 4.98 Å². The van der Waals surface area contributed by atoms with Gasteiger partial charge in [0.1, 0.15) is 5.82 Å². The second-order valence-corrected chi connectivity index (χ2v) is 5.07. The number of rotatable bonds is 3. The van der Waals surface area contributed by atoms with E-state index in [-0.39, 0.29) is 5.82 Å². The average molecular weight is 281 g/mol. The zero-order chi connectivity index (χ0) is 14.8. The molecule has 106 valence electrons. The minimum Gasteiger partial charge on any atom is -0.396 e. The quantitative estimate of drug-likeness (QED) is 0.797. The molecule has 2 N–H and O–H groups in total. The van der Waals surface area contributed by atoms with Crippen LogP contribution in [0.15, 0.2) is 54.7 Å². The molecular formula is C17H16FN3. The Bertz CT molecular complexity index is 786. The summed E-state index contributed by atoms with van der Waals surface area (Å²) in [5, 5.41) is 0.997. The van der Waals surface area contributed by atoms with Gasteiger partial charge in [-0.15, -0.1) is 0 Å². The molecule has 3 nitrogen and oxygen atoms in total. The van der Waals surface area contributed by atoms with Crippen LogP contribution in [0.4, 0.5) is 15.8 Å². The molecule has 1 heterocycles. The van der Waals surface area contributed by atoms with Gasteiger partial charge in [-0.1, -0.05) is 30.3 Å². The van der Waals surface area contributed by atoms with Gasteiger partial charge in [0.2, 0.25) is 0 Å². The van der Waals surface area contributed by atoms with E-state index in [2.05, 4.69) is 4.98 Å². The molecule has 0 atom stereocenters.